The van der Waals surface area contributed by atoms with E-state index in [9.17, 15) is 0 Å². The molecule has 1 aromatic rings. The third-order valence-electron chi connectivity index (χ3n) is 9.24. The van der Waals surface area contributed by atoms with Crippen LogP contribution in [-0.4, -0.2) is 34.2 Å². The van der Waals surface area contributed by atoms with E-state index in [4.69, 9.17) is 10.5 Å². The summed E-state index contributed by atoms with van der Waals surface area (Å²) in [5.74, 6) is 1.98. The average molecular weight is 458 g/mol. The van der Waals surface area contributed by atoms with Crippen LogP contribution in [0.4, 0.5) is 5.69 Å². The smallest absolute Gasteiger partial charge is 0.0785 e. The Hall–Kier alpha value is -2.33. The number of ether oxygens (including phenoxy) is 1. The molecule has 1 saturated heterocycles. The van der Waals surface area contributed by atoms with Gasteiger partial charge in [-0.05, 0) is 86.5 Å². The first-order valence-corrected chi connectivity index (χ1v) is 13.5. The standard InChI is InChI=1S/C30H39N3O/c1-19-15-28-30(16-20(19)2)34-29-8-4-7-27(29)33(28)24-6-3-5-23(17-24)21-9-11-22(12-10-21)25-13-14-32-18-26(25)31/h5,9,11-14,17-21,27-30H,3-4,6-8,10,15-16,31H2,1-2H3/t19?,20?,21?,27?,28-,29?,30?/m0/s1. The molecule has 34 heavy (non-hydrogen) atoms. The Kier molecular flexibility index (Phi) is 5.89. The molecule has 7 atom stereocenters. The predicted octanol–water partition coefficient (Wildman–Crippen LogP) is 6.28. The molecule has 2 N–H and O–H groups in total. The van der Waals surface area contributed by atoms with Gasteiger partial charge in [-0.2, -0.15) is 0 Å². The summed E-state index contributed by atoms with van der Waals surface area (Å²) in [6.45, 7) is 4.87. The summed E-state index contributed by atoms with van der Waals surface area (Å²) in [6, 6.07) is 3.15. The van der Waals surface area contributed by atoms with Crippen LogP contribution in [0.25, 0.3) is 5.57 Å². The van der Waals surface area contributed by atoms with Crippen molar-refractivity contribution in [3.05, 3.63) is 65.7 Å². The molecule has 0 spiro atoms. The molecule has 5 aliphatic rings. The molecule has 0 radical (unpaired) electrons. The van der Waals surface area contributed by atoms with E-state index in [1.54, 1.807) is 11.9 Å². The van der Waals surface area contributed by atoms with Crippen molar-refractivity contribution in [1.82, 2.24) is 9.88 Å². The molecular formula is C30H39N3O. The minimum atomic E-state index is 0.409. The summed E-state index contributed by atoms with van der Waals surface area (Å²) < 4.78 is 6.74. The molecule has 1 aliphatic heterocycles. The van der Waals surface area contributed by atoms with Crippen LogP contribution in [0.2, 0.25) is 0 Å². The Balaban J connectivity index is 1.24. The number of nitrogens with zero attached hydrogens (tertiary/aromatic N) is 2. The number of pyridine rings is 1. The highest BCUT2D eigenvalue weighted by molar-refractivity contribution is 5.81. The van der Waals surface area contributed by atoms with Gasteiger partial charge in [0.1, 0.15) is 0 Å². The zero-order chi connectivity index (χ0) is 23.2. The number of nitrogen functional groups attached to an aromatic ring is 1. The fourth-order valence-corrected chi connectivity index (χ4v) is 7.15. The van der Waals surface area contributed by atoms with Gasteiger partial charge in [-0.15, -0.1) is 0 Å². The van der Waals surface area contributed by atoms with Crippen molar-refractivity contribution in [3.63, 3.8) is 0 Å². The molecule has 6 rings (SSSR count). The molecule has 4 heteroatoms. The van der Waals surface area contributed by atoms with Gasteiger partial charge in [-0.25, -0.2) is 0 Å². The third-order valence-corrected chi connectivity index (χ3v) is 9.24. The highest BCUT2D eigenvalue weighted by Crippen LogP contribution is 2.46. The van der Waals surface area contributed by atoms with Crippen LogP contribution in [0.1, 0.15) is 70.8 Å². The summed E-state index contributed by atoms with van der Waals surface area (Å²) in [6.07, 6.45) is 26.1. The Bertz CT molecular complexity index is 1050. The summed E-state index contributed by atoms with van der Waals surface area (Å²) in [5.41, 5.74) is 12.3. The van der Waals surface area contributed by atoms with Gasteiger partial charge in [-0.1, -0.05) is 38.2 Å². The molecule has 0 bridgehead atoms. The van der Waals surface area contributed by atoms with Crippen molar-refractivity contribution < 1.29 is 4.74 Å². The zero-order valence-corrected chi connectivity index (χ0v) is 20.7. The van der Waals surface area contributed by atoms with Gasteiger partial charge in [0.25, 0.3) is 0 Å². The number of hydrogen-bond donors (Lipinski definition) is 1. The Morgan fingerprint density at radius 3 is 2.76 bits per heavy atom. The van der Waals surface area contributed by atoms with E-state index in [2.05, 4.69) is 54.1 Å². The lowest BCUT2D eigenvalue weighted by atomic mass is 9.75. The number of morpholine rings is 1. The van der Waals surface area contributed by atoms with Crippen LogP contribution < -0.4 is 5.73 Å². The maximum Gasteiger partial charge on any atom is 0.0785 e. The number of nitrogens with two attached hydrogens (primary N) is 1. The molecule has 4 nitrogen and oxygen atoms in total. The number of rotatable bonds is 3. The first-order valence-electron chi connectivity index (χ1n) is 13.5. The largest absolute Gasteiger partial charge is 0.397 e. The third kappa shape index (κ3) is 3.94. The van der Waals surface area contributed by atoms with Crippen molar-refractivity contribution in [2.45, 2.75) is 89.5 Å². The van der Waals surface area contributed by atoms with Crippen LogP contribution in [0.5, 0.6) is 0 Å². The summed E-state index contributed by atoms with van der Waals surface area (Å²) >= 11 is 0. The lowest BCUT2D eigenvalue weighted by Crippen LogP contribution is -2.61. The van der Waals surface area contributed by atoms with E-state index in [0.717, 1.165) is 35.9 Å². The van der Waals surface area contributed by atoms with Crippen molar-refractivity contribution in [2.24, 2.45) is 17.8 Å². The molecule has 2 saturated carbocycles. The van der Waals surface area contributed by atoms with Crippen LogP contribution in [-0.2, 0) is 4.74 Å². The van der Waals surface area contributed by atoms with Crippen LogP contribution >= 0.6 is 0 Å². The molecular weight excluding hydrogens is 418 g/mol. The van der Waals surface area contributed by atoms with E-state index in [1.807, 2.05) is 12.3 Å². The topological polar surface area (TPSA) is 51.4 Å². The summed E-state index contributed by atoms with van der Waals surface area (Å²) in [5, 5.41) is 0. The number of allylic oxidation sites excluding steroid dienone is 8. The van der Waals surface area contributed by atoms with Gasteiger partial charge in [0.15, 0.2) is 0 Å². The first kappa shape index (κ1) is 22.2. The SMILES string of the molecule is CC1CC2OC3CCCC3N(C3=CC(C4C=CC(c5ccncc5N)=CC4)=CCC3)[C@H]2CC1C. The molecule has 4 aliphatic carbocycles. The number of fused-ring (bicyclic) bond motifs is 2. The minimum absolute atomic E-state index is 0.409. The maximum absolute atomic E-state index is 6.74. The second kappa shape index (κ2) is 9.03. The number of aromatic nitrogens is 1. The Morgan fingerprint density at radius 2 is 1.94 bits per heavy atom. The molecule has 3 fully saturated rings. The van der Waals surface area contributed by atoms with Gasteiger partial charge in [0.2, 0.25) is 0 Å². The number of anilines is 1. The lowest BCUT2D eigenvalue weighted by molar-refractivity contribution is -0.157. The molecule has 0 amide bonds. The quantitative estimate of drug-likeness (QED) is 0.580. The van der Waals surface area contributed by atoms with E-state index in [0.29, 0.717) is 30.2 Å². The van der Waals surface area contributed by atoms with E-state index in [1.165, 1.54) is 49.7 Å². The van der Waals surface area contributed by atoms with E-state index < -0.39 is 0 Å². The molecule has 6 unspecified atom stereocenters. The molecule has 2 heterocycles. The van der Waals surface area contributed by atoms with Crippen LogP contribution in [0, 0.1) is 17.8 Å². The molecule has 1 aromatic heterocycles. The Labute approximate surface area is 204 Å². The minimum Gasteiger partial charge on any atom is -0.397 e. The normalized spacial score (nSPS) is 37.4. The first-order chi connectivity index (χ1) is 16.6. The summed E-state index contributed by atoms with van der Waals surface area (Å²) in [7, 11) is 0. The van der Waals surface area contributed by atoms with Crippen LogP contribution in [0.15, 0.2) is 60.1 Å². The predicted molar refractivity (Wildman–Crippen MR) is 139 cm³/mol. The van der Waals surface area contributed by atoms with Crippen LogP contribution in [0.3, 0.4) is 0 Å². The number of hydrogen-bond acceptors (Lipinski definition) is 4. The Morgan fingerprint density at radius 1 is 1.06 bits per heavy atom. The average Bonchev–Trinajstić information content (AvgIpc) is 3.32. The molecule has 180 valence electrons. The van der Waals surface area contributed by atoms with Gasteiger partial charge in [-0.3, -0.25) is 4.98 Å². The van der Waals surface area contributed by atoms with Crippen molar-refractivity contribution in [2.75, 3.05) is 5.73 Å². The highest BCUT2D eigenvalue weighted by atomic mass is 16.5. The van der Waals surface area contributed by atoms with E-state index >= 15 is 0 Å². The van der Waals surface area contributed by atoms with Crippen molar-refractivity contribution in [3.8, 4) is 0 Å². The fraction of sp³-hybridized carbons (Fsp3) is 0.567. The summed E-state index contributed by atoms with van der Waals surface area (Å²) in [4.78, 5) is 7.02. The second-order valence-electron chi connectivity index (χ2n) is 11.3. The zero-order valence-electron chi connectivity index (χ0n) is 20.7. The van der Waals surface area contributed by atoms with Gasteiger partial charge >= 0.3 is 0 Å². The maximum atomic E-state index is 6.74. The molecule has 0 aromatic carbocycles. The second-order valence-corrected chi connectivity index (χ2v) is 11.3. The highest BCUT2D eigenvalue weighted by Gasteiger charge is 2.49. The van der Waals surface area contributed by atoms with Gasteiger partial charge < -0.3 is 15.4 Å². The monoisotopic (exact) mass is 457 g/mol. The van der Waals surface area contributed by atoms with E-state index in [-0.39, 0.29) is 0 Å². The lowest BCUT2D eigenvalue weighted by Gasteiger charge is -2.54. The van der Waals surface area contributed by atoms with Gasteiger partial charge in [0.05, 0.1) is 36.2 Å². The van der Waals surface area contributed by atoms with Crippen molar-refractivity contribution in [1.29, 1.82) is 0 Å². The fourth-order valence-electron chi connectivity index (χ4n) is 7.15. The van der Waals surface area contributed by atoms with Crippen molar-refractivity contribution >= 4 is 11.3 Å². The van der Waals surface area contributed by atoms with Gasteiger partial charge in [0, 0.05) is 23.4 Å².